The standard InChI is InChI=1S/C13H19FO/c1-4-5-6-10(2)11-7-8-12(14)13(9-11)15-3/h7-10H,4-6H2,1-3H3. The summed E-state index contributed by atoms with van der Waals surface area (Å²) in [4.78, 5) is 0. The van der Waals surface area contributed by atoms with E-state index in [0.717, 1.165) is 12.0 Å². The molecule has 1 unspecified atom stereocenters. The molecular formula is C13H19FO. The van der Waals surface area contributed by atoms with Gasteiger partial charge in [-0.3, -0.25) is 0 Å². The molecule has 0 amide bonds. The number of rotatable bonds is 5. The molecule has 0 aliphatic carbocycles. The third-order valence-electron chi connectivity index (χ3n) is 2.73. The van der Waals surface area contributed by atoms with Crippen LogP contribution in [0.3, 0.4) is 0 Å². The summed E-state index contributed by atoms with van der Waals surface area (Å²) in [5, 5.41) is 0. The smallest absolute Gasteiger partial charge is 0.165 e. The molecule has 1 aromatic carbocycles. The summed E-state index contributed by atoms with van der Waals surface area (Å²) in [6.45, 7) is 4.35. The van der Waals surface area contributed by atoms with Gasteiger partial charge in [0.2, 0.25) is 0 Å². The summed E-state index contributed by atoms with van der Waals surface area (Å²) >= 11 is 0. The molecule has 0 aliphatic rings. The zero-order valence-electron chi connectivity index (χ0n) is 9.72. The van der Waals surface area contributed by atoms with Crippen molar-refractivity contribution in [3.8, 4) is 5.75 Å². The molecule has 1 atom stereocenters. The van der Waals surface area contributed by atoms with Crippen molar-refractivity contribution >= 4 is 0 Å². The molecule has 0 aliphatic heterocycles. The van der Waals surface area contributed by atoms with Crippen LogP contribution in [0.2, 0.25) is 0 Å². The van der Waals surface area contributed by atoms with E-state index in [0.29, 0.717) is 11.7 Å². The van der Waals surface area contributed by atoms with E-state index in [1.165, 1.54) is 26.0 Å². The summed E-state index contributed by atoms with van der Waals surface area (Å²) < 4.78 is 18.1. The van der Waals surface area contributed by atoms with Crippen LogP contribution in [0.1, 0.15) is 44.6 Å². The molecular weight excluding hydrogens is 191 g/mol. The molecule has 2 heteroatoms. The fourth-order valence-electron chi connectivity index (χ4n) is 1.66. The van der Waals surface area contributed by atoms with E-state index in [-0.39, 0.29) is 5.82 Å². The van der Waals surface area contributed by atoms with Gasteiger partial charge in [0.15, 0.2) is 11.6 Å². The third-order valence-corrected chi connectivity index (χ3v) is 2.73. The van der Waals surface area contributed by atoms with Crippen molar-refractivity contribution in [2.75, 3.05) is 7.11 Å². The zero-order valence-corrected chi connectivity index (χ0v) is 9.72. The lowest BCUT2D eigenvalue weighted by atomic mass is 9.95. The SMILES string of the molecule is CCCCC(C)c1ccc(F)c(OC)c1. The van der Waals surface area contributed by atoms with Gasteiger partial charge in [0, 0.05) is 0 Å². The van der Waals surface area contributed by atoms with Crippen LogP contribution in [0.4, 0.5) is 4.39 Å². The van der Waals surface area contributed by atoms with E-state index >= 15 is 0 Å². The fourth-order valence-corrected chi connectivity index (χ4v) is 1.66. The van der Waals surface area contributed by atoms with Gasteiger partial charge in [-0.25, -0.2) is 4.39 Å². The van der Waals surface area contributed by atoms with Crippen LogP contribution < -0.4 is 4.74 Å². The molecule has 0 saturated carbocycles. The van der Waals surface area contributed by atoms with Gasteiger partial charge >= 0.3 is 0 Å². The molecule has 0 fully saturated rings. The lowest BCUT2D eigenvalue weighted by molar-refractivity contribution is 0.385. The Balaban J connectivity index is 2.76. The molecule has 84 valence electrons. The molecule has 0 spiro atoms. The number of benzene rings is 1. The summed E-state index contributed by atoms with van der Waals surface area (Å²) in [5.41, 5.74) is 1.15. The van der Waals surface area contributed by atoms with Gasteiger partial charge < -0.3 is 4.74 Å². The van der Waals surface area contributed by atoms with E-state index < -0.39 is 0 Å². The molecule has 0 radical (unpaired) electrons. The average Bonchev–Trinajstić information content (AvgIpc) is 2.26. The molecule has 0 aromatic heterocycles. The van der Waals surface area contributed by atoms with Gasteiger partial charge in [-0.1, -0.05) is 32.8 Å². The Labute approximate surface area is 91.3 Å². The number of hydrogen-bond acceptors (Lipinski definition) is 1. The number of methoxy groups -OCH3 is 1. The summed E-state index contributed by atoms with van der Waals surface area (Å²) in [5.74, 6) is 0.527. The first kappa shape index (κ1) is 12.0. The Morgan fingerprint density at radius 2 is 2.13 bits per heavy atom. The van der Waals surface area contributed by atoms with E-state index in [1.54, 1.807) is 6.07 Å². The quantitative estimate of drug-likeness (QED) is 0.710. The predicted octanol–water partition coefficient (Wildman–Crippen LogP) is 4.13. The Morgan fingerprint density at radius 1 is 1.40 bits per heavy atom. The van der Waals surface area contributed by atoms with Crippen LogP contribution in [0.25, 0.3) is 0 Å². The van der Waals surface area contributed by atoms with Crippen LogP contribution >= 0.6 is 0 Å². The zero-order chi connectivity index (χ0) is 11.3. The average molecular weight is 210 g/mol. The van der Waals surface area contributed by atoms with Crippen molar-refractivity contribution in [3.05, 3.63) is 29.6 Å². The maximum atomic E-state index is 13.2. The summed E-state index contributed by atoms with van der Waals surface area (Å²) in [6.07, 6.45) is 3.55. The van der Waals surface area contributed by atoms with Crippen molar-refractivity contribution in [3.63, 3.8) is 0 Å². The van der Waals surface area contributed by atoms with E-state index in [4.69, 9.17) is 4.74 Å². The fraction of sp³-hybridized carbons (Fsp3) is 0.538. The maximum Gasteiger partial charge on any atom is 0.165 e. The van der Waals surface area contributed by atoms with E-state index in [9.17, 15) is 4.39 Å². The van der Waals surface area contributed by atoms with Crippen molar-refractivity contribution in [1.82, 2.24) is 0 Å². The molecule has 1 nitrogen and oxygen atoms in total. The highest BCUT2D eigenvalue weighted by molar-refractivity contribution is 5.32. The first-order chi connectivity index (χ1) is 7.19. The first-order valence-corrected chi connectivity index (χ1v) is 5.52. The lowest BCUT2D eigenvalue weighted by Crippen LogP contribution is -1.96. The van der Waals surface area contributed by atoms with Gasteiger partial charge in [-0.15, -0.1) is 0 Å². The molecule has 15 heavy (non-hydrogen) atoms. The lowest BCUT2D eigenvalue weighted by Gasteiger charge is -2.12. The van der Waals surface area contributed by atoms with E-state index in [2.05, 4.69) is 13.8 Å². The second-order valence-electron chi connectivity index (χ2n) is 3.94. The highest BCUT2D eigenvalue weighted by atomic mass is 19.1. The number of ether oxygens (including phenoxy) is 1. The van der Waals surface area contributed by atoms with Gasteiger partial charge in [0.25, 0.3) is 0 Å². The minimum Gasteiger partial charge on any atom is -0.494 e. The van der Waals surface area contributed by atoms with Crippen molar-refractivity contribution < 1.29 is 9.13 Å². The van der Waals surface area contributed by atoms with Crippen LogP contribution in [-0.2, 0) is 0 Å². The summed E-state index contributed by atoms with van der Waals surface area (Å²) in [7, 11) is 1.50. The molecule has 0 saturated heterocycles. The highest BCUT2D eigenvalue weighted by Crippen LogP contribution is 2.26. The predicted molar refractivity (Wildman–Crippen MR) is 60.9 cm³/mol. The van der Waals surface area contributed by atoms with Gasteiger partial charge in [-0.2, -0.15) is 0 Å². The molecule has 0 heterocycles. The molecule has 1 rings (SSSR count). The van der Waals surface area contributed by atoms with Gasteiger partial charge in [0.05, 0.1) is 7.11 Å². The monoisotopic (exact) mass is 210 g/mol. The molecule has 0 N–H and O–H groups in total. The largest absolute Gasteiger partial charge is 0.494 e. The minimum atomic E-state index is -0.288. The highest BCUT2D eigenvalue weighted by Gasteiger charge is 2.08. The summed E-state index contributed by atoms with van der Waals surface area (Å²) in [6, 6.07) is 5.13. The first-order valence-electron chi connectivity index (χ1n) is 5.52. The Kier molecular flexibility index (Phi) is 4.60. The molecule has 1 aromatic rings. The van der Waals surface area contributed by atoms with Gasteiger partial charge in [0.1, 0.15) is 0 Å². The van der Waals surface area contributed by atoms with Crippen molar-refractivity contribution in [2.45, 2.75) is 39.0 Å². The normalized spacial score (nSPS) is 12.5. The maximum absolute atomic E-state index is 13.2. The Morgan fingerprint density at radius 3 is 2.73 bits per heavy atom. The Bertz CT molecular complexity index is 309. The second kappa shape index (κ2) is 5.74. The number of hydrogen-bond donors (Lipinski definition) is 0. The minimum absolute atomic E-state index is 0.288. The molecule has 0 bridgehead atoms. The van der Waals surface area contributed by atoms with Crippen LogP contribution in [0.5, 0.6) is 5.75 Å². The van der Waals surface area contributed by atoms with E-state index in [1.807, 2.05) is 6.07 Å². The van der Waals surface area contributed by atoms with Gasteiger partial charge in [-0.05, 0) is 30.0 Å². The second-order valence-corrected chi connectivity index (χ2v) is 3.94. The third kappa shape index (κ3) is 3.22. The number of unbranched alkanes of at least 4 members (excludes halogenated alkanes) is 1. The van der Waals surface area contributed by atoms with Crippen LogP contribution in [0.15, 0.2) is 18.2 Å². The van der Waals surface area contributed by atoms with Crippen LogP contribution in [-0.4, -0.2) is 7.11 Å². The number of halogens is 1. The topological polar surface area (TPSA) is 9.23 Å². The van der Waals surface area contributed by atoms with Crippen LogP contribution in [0, 0.1) is 5.82 Å². The Hall–Kier alpha value is -1.05. The van der Waals surface area contributed by atoms with Crippen molar-refractivity contribution in [1.29, 1.82) is 0 Å². The van der Waals surface area contributed by atoms with Crippen molar-refractivity contribution in [2.24, 2.45) is 0 Å².